The molecule has 166 valence electrons. The zero-order chi connectivity index (χ0) is 22.6. The van der Waals surface area contributed by atoms with Crippen LogP contribution in [-0.2, 0) is 11.2 Å². The molecule has 0 bridgehead atoms. The number of benzene rings is 1. The molecule has 0 unspecified atom stereocenters. The number of primary amides is 1. The van der Waals surface area contributed by atoms with Gasteiger partial charge in [-0.2, -0.15) is 0 Å². The van der Waals surface area contributed by atoms with Crippen molar-refractivity contribution in [3.8, 4) is 11.4 Å². The first-order valence-corrected chi connectivity index (χ1v) is 10.8. The van der Waals surface area contributed by atoms with Gasteiger partial charge in [0.05, 0.1) is 18.1 Å². The number of nitrogens with zero attached hydrogens (tertiary/aromatic N) is 4. The molecule has 1 aliphatic rings. The predicted molar refractivity (Wildman–Crippen MR) is 128 cm³/mol. The summed E-state index contributed by atoms with van der Waals surface area (Å²) in [5, 5.41) is 11.2. The minimum Gasteiger partial charge on any atom is -0.369 e. The molecule has 1 fully saturated rings. The molecule has 9 nitrogen and oxygen atoms in total. The normalized spacial score (nSPS) is 15.5. The Morgan fingerprint density at radius 2 is 2.00 bits per heavy atom. The zero-order valence-corrected chi connectivity index (χ0v) is 18.0. The summed E-state index contributed by atoms with van der Waals surface area (Å²) in [6.45, 7) is 1.91. The van der Waals surface area contributed by atoms with Crippen LogP contribution in [0.3, 0.4) is 0 Å². The lowest BCUT2D eigenvalue weighted by Gasteiger charge is -2.15. The Morgan fingerprint density at radius 1 is 1.12 bits per heavy atom. The van der Waals surface area contributed by atoms with Gasteiger partial charge in [0.2, 0.25) is 5.91 Å². The number of carbonyl (C=O) groups excluding carboxylic acids is 1. The number of fused-ring (bicyclic) bond motifs is 1. The van der Waals surface area contributed by atoms with Crippen LogP contribution in [0.1, 0.15) is 12.0 Å². The molecule has 1 atom stereocenters. The van der Waals surface area contributed by atoms with Crippen molar-refractivity contribution >= 4 is 34.1 Å². The van der Waals surface area contributed by atoms with Gasteiger partial charge < -0.3 is 21.7 Å². The van der Waals surface area contributed by atoms with E-state index in [0.717, 1.165) is 53.0 Å². The van der Waals surface area contributed by atoms with Gasteiger partial charge in [-0.3, -0.25) is 9.78 Å². The smallest absolute Gasteiger partial charge is 0.221 e. The van der Waals surface area contributed by atoms with Crippen molar-refractivity contribution in [1.82, 2.24) is 25.3 Å². The summed E-state index contributed by atoms with van der Waals surface area (Å²) >= 11 is 0. The minimum absolute atomic E-state index is 0.218. The van der Waals surface area contributed by atoms with Crippen molar-refractivity contribution in [2.75, 3.05) is 23.7 Å². The number of nitrogens with one attached hydrogen (secondary N) is 3. The molecule has 4 aromatic rings. The Balaban J connectivity index is 1.43. The molecule has 0 radical (unpaired) electrons. The fourth-order valence-corrected chi connectivity index (χ4v) is 3.88. The third-order valence-electron chi connectivity index (χ3n) is 5.52. The molecule has 5 N–H and O–H groups in total. The van der Waals surface area contributed by atoms with Crippen molar-refractivity contribution in [3.63, 3.8) is 0 Å². The van der Waals surface area contributed by atoms with E-state index >= 15 is 0 Å². The molecule has 9 heteroatoms. The summed E-state index contributed by atoms with van der Waals surface area (Å²) in [4.78, 5) is 29.3. The number of amides is 1. The molecule has 0 aliphatic carbocycles. The van der Waals surface area contributed by atoms with Gasteiger partial charge in [0.25, 0.3) is 0 Å². The number of pyridine rings is 2. The van der Waals surface area contributed by atoms with Crippen LogP contribution in [0, 0.1) is 0 Å². The Morgan fingerprint density at radius 3 is 2.79 bits per heavy atom. The van der Waals surface area contributed by atoms with Crippen molar-refractivity contribution in [2.24, 2.45) is 5.73 Å². The van der Waals surface area contributed by atoms with Gasteiger partial charge in [0.1, 0.15) is 11.6 Å². The van der Waals surface area contributed by atoms with E-state index in [4.69, 9.17) is 15.7 Å². The highest BCUT2D eigenvalue weighted by molar-refractivity contribution is 5.90. The second-order valence-corrected chi connectivity index (χ2v) is 8.02. The molecular weight excluding hydrogens is 416 g/mol. The van der Waals surface area contributed by atoms with Crippen LogP contribution in [-0.4, -0.2) is 45.0 Å². The van der Waals surface area contributed by atoms with Gasteiger partial charge in [-0.15, -0.1) is 0 Å². The van der Waals surface area contributed by atoms with Crippen molar-refractivity contribution in [1.29, 1.82) is 0 Å². The highest BCUT2D eigenvalue weighted by Crippen LogP contribution is 2.27. The van der Waals surface area contributed by atoms with E-state index in [0.29, 0.717) is 17.7 Å². The predicted octanol–water partition coefficient (Wildman–Crippen LogP) is 2.63. The standard InChI is InChI=1S/C24H24N8O/c25-21(33)11-15-1-3-17(4-2-15)29-22-12-16(5-10-28-22)23-31-20-14-27-9-7-19(20)24(32-23)30-18-6-8-26-13-18/h1-5,7,9-10,12,14,18,26H,6,8,11,13H2,(H2,25,33)(H,28,29)(H,30,31,32)/t18-/m1/s1. The number of aromatic nitrogens is 4. The topological polar surface area (TPSA) is 131 Å². The van der Waals surface area contributed by atoms with Crippen molar-refractivity contribution in [3.05, 3.63) is 66.6 Å². The average Bonchev–Trinajstić information content (AvgIpc) is 3.33. The summed E-state index contributed by atoms with van der Waals surface area (Å²) in [7, 11) is 0. The number of carbonyl (C=O) groups is 1. The third-order valence-corrected chi connectivity index (χ3v) is 5.52. The first-order valence-electron chi connectivity index (χ1n) is 10.8. The summed E-state index contributed by atoms with van der Waals surface area (Å²) in [5.74, 6) is 1.72. The Hall–Kier alpha value is -4.11. The molecular formula is C24H24N8O. The lowest BCUT2D eigenvalue weighted by Crippen LogP contribution is -2.23. The molecule has 33 heavy (non-hydrogen) atoms. The highest BCUT2D eigenvalue weighted by Gasteiger charge is 2.17. The number of hydrogen-bond acceptors (Lipinski definition) is 8. The van der Waals surface area contributed by atoms with Gasteiger partial charge >= 0.3 is 0 Å². The average molecular weight is 441 g/mol. The zero-order valence-electron chi connectivity index (χ0n) is 18.0. The maximum Gasteiger partial charge on any atom is 0.221 e. The van der Waals surface area contributed by atoms with E-state index in [9.17, 15) is 4.79 Å². The van der Waals surface area contributed by atoms with E-state index in [1.807, 2.05) is 42.5 Å². The molecule has 5 rings (SSSR count). The minimum atomic E-state index is -0.353. The van der Waals surface area contributed by atoms with E-state index in [1.54, 1.807) is 18.6 Å². The number of anilines is 3. The number of hydrogen-bond donors (Lipinski definition) is 4. The third kappa shape index (κ3) is 4.88. The van der Waals surface area contributed by atoms with Crippen LogP contribution < -0.4 is 21.7 Å². The quantitative estimate of drug-likeness (QED) is 0.345. The highest BCUT2D eigenvalue weighted by atomic mass is 16.1. The van der Waals surface area contributed by atoms with Gasteiger partial charge in [-0.1, -0.05) is 12.1 Å². The Kier molecular flexibility index (Phi) is 5.77. The molecule has 3 aromatic heterocycles. The molecule has 0 saturated carbocycles. The Bertz CT molecular complexity index is 1290. The molecule has 1 amide bonds. The van der Waals surface area contributed by atoms with Crippen molar-refractivity contribution in [2.45, 2.75) is 18.9 Å². The summed E-state index contributed by atoms with van der Waals surface area (Å²) < 4.78 is 0. The van der Waals surface area contributed by atoms with Crippen molar-refractivity contribution < 1.29 is 4.79 Å². The first-order chi connectivity index (χ1) is 16.1. The molecule has 1 aliphatic heterocycles. The first kappa shape index (κ1) is 20.8. The van der Waals surface area contributed by atoms with Crippen LogP contribution in [0.4, 0.5) is 17.3 Å². The van der Waals surface area contributed by atoms with Crippen LogP contribution in [0.15, 0.2) is 61.1 Å². The maximum absolute atomic E-state index is 11.1. The van der Waals surface area contributed by atoms with Gasteiger partial charge in [0.15, 0.2) is 5.82 Å². The molecule has 1 saturated heterocycles. The monoisotopic (exact) mass is 440 g/mol. The van der Waals surface area contributed by atoms with E-state index in [2.05, 4.69) is 25.9 Å². The molecule has 1 aromatic carbocycles. The van der Waals surface area contributed by atoms with E-state index in [1.165, 1.54) is 0 Å². The van der Waals surface area contributed by atoms with Gasteiger partial charge in [-0.25, -0.2) is 15.0 Å². The second-order valence-electron chi connectivity index (χ2n) is 8.02. The van der Waals surface area contributed by atoms with E-state index < -0.39 is 0 Å². The van der Waals surface area contributed by atoms with E-state index in [-0.39, 0.29) is 12.3 Å². The van der Waals surface area contributed by atoms with Gasteiger partial charge in [-0.05, 0) is 48.9 Å². The fraction of sp³-hybridized carbons (Fsp3) is 0.208. The number of rotatable bonds is 7. The van der Waals surface area contributed by atoms with Gasteiger partial charge in [0, 0.05) is 41.6 Å². The second kappa shape index (κ2) is 9.17. The van der Waals surface area contributed by atoms with Crippen LogP contribution in [0.5, 0.6) is 0 Å². The molecule has 0 spiro atoms. The fourth-order valence-electron chi connectivity index (χ4n) is 3.88. The largest absolute Gasteiger partial charge is 0.369 e. The lowest BCUT2D eigenvalue weighted by atomic mass is 10.1. The lowest BCUT2D eigenvalue weighted by molar-refractivity contribution is -0.117. The number of nitrogens with two attached hydrogens (primary N) is 1. The SMILES string of the molecule is NC(=O)Cc1ccc(Nc2cc(-c3nc(N[C@@H]4CCNC4)c4ccncc4n3)ccn2)cc1. The van der Waals surface area contributed by atoms with Crippen LogP contribution in [0.25, 0.3) is 22.3 Å². The maximum atomic E-state index is 11.1. The van der Waals surface area contributed by atoms with Crippen LogP contribution >= 0.6 is 0 Å². The summed E-state index contributed by atoms with van der Waals surface area (Å²) in [5.41, 5.74) is 8.61. The Labute approximate surface area is 190 Å². The van der Waals surface area contributed by atoms with Crippen LogP contribution in [0.2, 0.25) is 0 Å². The molecule has 4 heterocycles. The summed E-state index contributed by atoms with van der Waals surface area (Å²) in [6.07, 6.45) is 6.51. The summed E-state index contributed by atoms with van der Waals surface area (Å²) in [6, 6.07) is 13.6.